The van der Waals surface area contributed by atoms with Gasteiger partial charge < -0.3 is 0 Å². The molecule has 0 spiro atoms. The van der Waals surface area contributed by atoms with Crippen molar-refractivity contribution < 1.29 is 18.4 Å². The van der Waals surface area contributed by atoms with Crippen molar-refractivity contribution in [1.82, 2.24) is 0 Å². The summed E-state index contributed by atoms with van der Waals surface area (Å²) in [6.07, 6.45) is 0. The number of carbonyl (C=O) groups excluding carboxylic acids is 2. The van der Waals surface area contributed by atoms with Crippen LogP contribution in [0.3, 0.4) is 0 Å². The van der Waals surface area contributed by atoms with E-state index in [9.17, 15) is 18.4 Å². The van der Waals surface area contributed by atoms with Gasteiger partial charge in [0.15, 0.2) is 5.82 Å². The van der Waals surface area contributed by atoms with Crippen LogP contribution in [0, 0.1) is 23.0 Å². The van der Waals surface area contributed by atoms with Gasteiger partial charge in [0.05, 0.1) is 11.1 Å². The molecule has 0 unspecified atom stereocenters. The summed E-state index contributed by atoms with van der Waals surface area (Å²) in [4.78, 5) is 25.3. The number of nitrogens with zero attached hydrogens (tertiary/aromatic N) is 2. The summed E-state index contributed by atoms with van der Waals surface area (Å²) in [6, 6.07) is 8.26. The number of fused-ring (bicyclic) bond motifs is 1. The molecule has 2 aromatic rings. The Morgan fingerprint density at radius 1 is 1.09 bits per heavy atom. The molecule has 0 aromatic heterocycles. The topological polar surface area (TPSA) is 61.2 Å². The number of hydrogen-bond acceptors (Lipinski definition) is 3. The fraction of sp³-hybridized carbons (Fsp3) is 0. The van der Waals surface area contributed by atoms with Crippen LogP contribution in [-0.4, -0.2) is 11.8 Å². The molecule has 2 amide bonds. The lowest BCUT2D eigenvalue weighted by Crippen LogP contribution is -2.31. The van der Waals surface area contributed by atoms with Crippen LogP contribution in [-0.2, 0) is 0 Å². The molecular formula is C15H5BrF2N2O2. The van der Waals surface area contributed by atoms with Crippen LogP contribution in [0.2, 0.25) is 0 Å². The van der Waals surface area contributed by atoms with Gasteiger partial charge in [0.25, 0.3) is 11.8 Å². The lowest BCUT2D eigenvalue weighted by Gasteiger charge is -2.17. The van der Waals surface area contributed by atoms with E-state index in [0.29, 0.717) is 4.90 Å². The molecule has 2 aromatic carbocycles. The molecule has 1 heterocycles. The van der Waals surface area contributed by atoms with Gasteiger partial charge >= 0.3 is 0 Å². The lowest BCUT2D eigenvalue weighted by atomic mass is 10.1. The van der Waals surface area contributed by atoms with E-state index in [2.05, 4.69) is 15.9 Å². The van der Waals surface area contributed by atoms with Gasteiger partial charge in [0, 0.05) is 4.47 Å². The molecule has 22 heavy (non-hydrogen) atoms. The first-order valence-corrected chi connectivity index (χ1v) is 6.82. The van der Waals surface area contributed by atoms with Crippen LogP contribution in [0.1, 0.15) is 26.3 Å². The van der Waals surface area contributed by atoms with E-state index in [1.54, 1.807) is 12.1 Å². The summed E-state index contributed by atoms with van der Waals surface area (Å²) in [5.41, 5.74) is -1.07. The highest BCUT2D eigenvalue weighted by molar-refractivity contribution is 9.10. The molecular weight excluding hydrogens is 358 g/mol. The third-order valence-corrected chi connectivity index (χ3v) is 3.88. The largest absolute Gasteiger partial charge is 0.268 e. The van der Waals surface area contributed by atoms with E-state index in [1.165, 1.54) is 18.2 Å². The summed E-state index contributed by atoms with van der Waals surface area (Å²) in [5, 5.41) is 8.83. The number of anilines is 1. The maximum Gasteiger partial charge on any atom is 0.266 e. The second-order valence-electron chi connectivity index (χ2n) is 4.48. The van der Waals surface area contributed by atoms with Crippen molar-refractivity contribution in [3.8, 4) is 6.07 Å². The summed E-state index contributed by atoms with van der Waals surface area (Å²) in [7, 11) is 0. The minimum atomic E-state index is -1.26. The van der Waals surface area contributed by atoms with E-state index in [-0.39, 0.29) is 15.6 Å². The Balaban J connectivity index is 2.25. The van der Waals surface area contributed by atoms with Crippen LogP contribution >= 0.6 is 15.9 Å². The van der Waals surface area contributed by atoms with Gasteiger partial charge in [-0.25, -0.2) is 13.7 Å². The Labute approximate surface area is 131 Å². The Morgan fingerprint density at radius 3 is 2.14 bits per heavy atom. The zero-order valence-corrected chi connectivity index (χ0v) is 12.3. The second-order valence-corrected chi connectivity index (χ2v) is 5.34. The Morgan fingerprint density at radius 2 is 1.64 bits per heavy atom. The molecule has 0 radical (unpaired) electrons. The molecule has 0 aliphatic carbocycles. The zero-order valence-electron chi connectivity index (χ0n) is 10.7. The fourth-order valence-electron chi connectivity index (χ4n) is 2.28. The molecule has 3 rings (SSSR count). The third-order valence-electron chi connectivity index (χ3n) is 3.28. The van der Waals surface area contributed by atoms with E-state index in [4.69, 9.17) is 5.26 Å². The van der Waals surface area contributed by atoms with Crippen molar-refractivity contribution in [1.29, 1.82) is 5.26 Å². The van der Waals surface area contributed by atoms with E-state index < -0.39 is 34.7 Å². The van der Waals surface area contributed by atoms with Crippen molar-refractivity contribution in [3.05, 3.63) is 63.1 Å². The van der Waals surface area contributed by atoms with Crippen LogP contribution in [0.4, 0.5) is 14.5 Å². The number of halogens is 3. The monoisotopic (exact) mass is 362 g/mol. The minimum absolute atomic E-state index is 0.127. The van der Waals surface area contributed by atoms with Gasteiger partial charge in [0.1, 0.15) is 23.1 Å². The van der Waals surface area contributed by atoms with E-state index >= 15 is 0 Å². The first-order chi connectivity index (χ1) is 10.5. The first kappa shape index (κ1) is 14.4. The summed E-state index contributed by atoms with van der Waals surface area (Å²) >= 11 is 2.94. The minimum Gasteiger partial charge on any atom is -0.268 e. The number of rotatable bonds is 1. The van der Waals surface area contributed by atoms with Crippen molar-refractivity contribution >= 4 is 33.4 Å². The van der Waals surface area contributed by atoms with Gasteiger partial charge in [-0.15, -0.1) is 0 Å². The van der Waals surface area contributed by atoms with Gasteiger partial charge in [-0.3, -0.25) is 9.59 Å². The van der Waals surface area contributed by atoms with Crippen LogP contribution < -0.4 is 4.90 Å². The predicted molar refractivity (Wildman–Crippen MR) is 76.4 cm³/mol. The first-order valence-electron chi connectivity index (χ1n) is 6.02. The third kappa shape index (κ3) is 1.84. The maximum atomic E-state index is 14.4. The van der Waals surface area contributed by atoms with Crippen molar-refractivity contribution in [2.45, 2.75) is 0 Å². The Bertz CT molecular complexity index is 855. The number of imide groups is 1. The smallest absolute Gasteiger partial charge is 0.266 e. The summed E-state index contributed by atoms with van der Waals surface area (Å²) < 4.78 is 27.8. The molecule has 0 N–H and O–H groups in total. The molecule has 0 saturated heterocycles. The Hall–Kier alpha value is -2.59. The van der Waals surface area contributed by atoms with Crippen molar-refractivity contribution in [3.63, 3.8) is 0 Å². The van der Waals surface area contributed by atoms with E-state index in [1.807, 2.05) is 0 Å². The molecule has 0 atom stereocenters. The molecule has 108 valence electrons. The standard InChI is InChI=1S/C15H5BrF2N2O2/c16-10-5-11(17)9(6-19)12(18)13(10)20-14(21)7-3-1-2-4-8(7)15(20)22/h1-5H. The molecule has 0 fully saturated rings. The molecule has 1 aliphatic rings. The lowest BCUT2D eigenvalue weighted by molar-refractivity contribution is 0.0924. The quantitative estimate of drug-likeness (QED) is 0.730. The summed E-state index contributed by atoms with van der Waals surface area (Å²) in [5.74, 6) is -3.79. The molecule has 4 nitrogen and oxygen atoms in total. The summed E-state index contributed by atoms with van der Waals surface area (Å²) in [6.45, 7) is 0. The van der Waals surface area contributed by atoms with Gasteiger partial charge in [0.2, 0.25) is 0 Å². The maximum absolute atomic E-state index is 14.4. The zero-order chi connectivity index (χ0) is 16.0. The predicted octanol–water partition coefficient (Wildman–Crippen LogP) is 3.40. The average molecular weight is 363 g/mol. The highest BCUT2D eigenvalue weighted by atomic mass is 79.9. The SMILES string of the molecule is N#Cc1c(F)cc(Br)c(N2C(=O)c3ccccc3C2=O)c1F. The number of amides is 2. The Kier molecular flexibility index (Phi) is 3.26. The van der Waals surface area contributed by atoms with Crippen molar-refractivity contribution in [2.75, 3.05) is 4.90 Å². The van der Waals surface area contributed by atoms with E-state index in [0.717, 1.165) is 6.07 Å². The number of benzene rings is 2. The average Bonchev–Trinajstić information content (AvgIpc) is 2.73. The second kappa shape index (κ2) is 5.00. The van der Waals surface area contributed by atoms with Gasteiger partial charge in [-0.1, -0.05) is 12.1 Å². The van der Waals surface area contributed by atoms with Gasteiger partial charge in [-0.2, -0.15) is 5.26 Å². The molecule has 7 heteroatoms. The van der Waals surface area contributed by atoms with Crippen LogP contribution in [0.5, 0.6) is 0 Å². The number of hydrogen-bond donors (Lipinski definition) is 0. The fourth-order valence-corrected chi connectivity index (χ4v) is 2.83. The molecule has 0 saturated carbocycles. The van der Waals surface area contributed by atoms with Crippen LogP contribution in [0.25, 0.3) is 0 Å². The molecule has 1 aliphatic heterocycles. The number of carbonyl (C=O) groups is 2. The van der Waals surface area contributed by atoms with Crippen LogP contribution in [0.15, 0.2) is 34.8 Å². The van der Waals surface area contributed by atoms with Crippen molar-refractivity contribution in [2.24, 2.45) is 0 Å². The normalized spacial score (nSPS) is 13.3. The number of nitriles is 1. The highest BCUT2D eigenvalue weighted by Crippen LogP contribution is 2.37. The van der Waals surface area contributed by atoms with Gasteiger partial charge in [-0.05, 0) is 34.1 Å². The highest BCUT2D eigenvalue weighted by Gasteiger charge is 2.39. The molecule has 0 bridgehead atoms.